The molecule has 0 unspecified atom stereocenters. The fraction of sp³-hybridized carbons (Fsp3) is 0.188. The van der Waals surface area contributed by atoms with Crippen molar-refractivity contribution in [2.45, 2.75) is 13.5 Å². The van der Waals surface area contributed by atoms with E-state index in [2.05, 4.69) is 5.16 Å². The molecule has 0 radical (unpaired) electrons. The molecular weight excluding hydrogens is 268 g/mol. The number of hydrogen-bond donors (Lipinski definition) is 1. The van der Waals surface area contributed by atoms with Crippen LogP contribution < -0.4 is 4.57 Å². The number of esters is 1. The van der Waals surface area contributed by atoms with E-state index in [-0.39, 0.29) is 12.3 Å². The largest absolute Gasteiger partial charge is 0.461 e. The third kappa shape index (κ3) is 3.66. The van der Waals surface area contributed by atoms with Crippen LogP contribution in [0.15, 0.2) is 59.9 Å². The second-order valence-electron chi connectivity index (χ2n) is 4.37. The Kier molecular flexibility index (Phi) is 5.04. The number of rotatable bonds is 5. The van der Waals surface area contributed by atoms with Crippen molar-refractivity contribution in [2.24, 2.45) is 5.16 Å². The van der Waals surface area contributed by atoms with Crippen LogP contribution in [-0.4, -0.2) is 23.5 Å². The topological polar surface area (TPSA) is 62.8 Å². The fourth-order valence-electron chi connectivity index (χ4n) is 2.01. The van der Waals surface area contributed by atoms with Gasteiger partial charge in [-0.15, -0.1) is 0 Å². The molecule has 1 heterocycles. The van der Waals surface area contributed by atoms with Crippen molar-refractivity contribution >= 4 is 11.7 Å². The normalized spacial score (nSPS) is 11.2. The molecule has 0 saturated carbocycles. The smallest absolute Gasteiger partial charge is 0.367 e. The molecule has 2 rings (SSSR count). The van der Waals surface area contributed by atoms with Crippen molar-refractivity contribution in [1.29, 1.82) is 0 Å². The second-order valence-corrected chi connectivity index (χ2v) is 4.37. The van der Waals surface area contributed by atoms with Gasteiger partial charge < -0.3 is 9.94 Å². The first kappa shape index (κ1) is 14.7. The zero-order valence-electron chi connectivity index (χ0n) is 11.8. The van der Waals surface area contributed by atoms with Crippen LogP contribution in [0.25, 0.3) is 0 Å². The first-order chi connectivity index (χ1) is 10.3. The van der Waals surface area contributed by atoms with Gasteiger partial charge in [0, 0.05) is 17.7 Å². The quantitative estimate of drug-likeness (QED) is 0.299. The minimum absolute atomic E-state index is 0.103. The zero-order chi connectivity index (χ0) is 15.1. The van der Waals surface area contributed by atoms with Gasteiger partial charge in [-0.2, -0.15) is 4.57 Å². The standard InChI is InChI=1S/C16H16N2O3/c1-2-21-16(19)15(17-20)14-10-6-7-11-18(14)12-13-8-4-3-5-9-13/h3-11H,2,12H2,1H3/p+1. The number of nitrogens with zero attached hydrogens (tertiary/aromatic N) is 2. The fourth-order valence-corrected chi connectivity index (χ4v) is 2.01. The van der Waals surface area contributed by atoms with E-state index in [1.54, 1.807) is 19.1 Å². The van der Waals surface area contributed by atoms with Gasteiger partial charge in [0.15, 0.2) is 12.7 Å². The monoisotopic (exact) mass is 285 g/mol. The van der Waals surface area contributed by atoms with E-state index < -0.39 is 5.97 Å². The van der Waals surface area contributed by atoms with Crippen molar-refractivity contribution in [3.05, 3.63) is 66.0 Å². The Morgan fingerprint density at radius 1 is 1.19 bits per heavy atom. The average molecular weight is 285 g/mol. The summed E-state index contributed by atoms with van der Waals surface area (Å²) in [4.78, 5) is 11.9. The number of carbonyl (C=O) groups excluding carboxylic acids is 1. The second kappa shape index (κ2) is 7.19. The van der Waals surface area contributed by atoms with E-state index in [0.29, 0.717) is 12.2 Å². The summed E-state index contributed by atoms with van der Waals surface area (Å²) in [5, 5.41) is 12.2. The summed E-state index contributed by atoms with van der Waals surface area (Å²) >= 11 is 0. The lowest BCUT2D eigenvalue weighted by atomic mass is 10.2. The molecule has 0 amide bonds. The summed E-state index contributed by atoms with van der Waals surface area (Å²) in [6, 6.07) is 15.2. The molecule has 21 heavy (non-hydrogen) atoms. The van der Waals surface area contributed by atoms with Gasteiger partial charge >= 0.3 is 5.97 Å². The number of benzene rings is 1. The van der Waals surface area contributed by atoms with Gasteiger partial charge in [-0.25, -0.2) is 4.79 Å². The predicted octanol–water partition coefficient (Wildman–Crippen LogP) is 1.76. The van der Waals surface area contributed by atoms with E-state index in [4.69, 9.17) is 9.94 Å². The van der Waals surface area contributed by atoms with Crippen LogP contribution in [0, 0.1) is 0 Å². The van der Waals surface area contributed by atoms with Crippen molar-refractivity contribution in [3.8, 4) is 0 Å². The highest BCUT2D eigenvalue weighted by molar-refractivity contribution is 6.42. The molecule has 5 nitrogen and oxygen atoms in total. The molecule has 0 bridgehead atoms. The first-order valence-electron chi connectivity index (χ1n) is 6.68. The van der Waals surface area contributed by atoms with Crippen molar-refractivity contribution in [3.63, 3.8) is 0 Å². The maximum absolute atomic E-state index is 11.9. The molecule has 0 spiro atoms. The van der Waals surface area contributed by atoms with Gasteiger partial charge in [0.25, 0.3) is 5.71 Å². The van der Waals surface area contributed by atoms with Crippen LogP contribution in [0.4, 0.5) is 0 Å². The number of pyridine rings is 1. The highest BCUT2D eigenvalue weighted by atomic mass is 16.5. The molecule has 1 aromatic heterocycles. The molecule has 0 atom stereocenters. The lowest BCUT2D eigenvalue weighted by molar-refractivity contribution is -0.689. The van der Waals surface area contributed by atoms with Crippen molar-refractivity contribution in [1.82, 2.24) is 0 Å². The molecule has 0 aliphatic rings. The Morgan fingerprint density at radius 2 is 1.90 bits per heavy atom. The SMILES string of the molecule is CCOC(=O)/C(=N\O)c1cccc[n+]1Cc1ccccc1. The van der Waals surface area contributed by atoms with Crippen LogP contribution in [-0.2, 0) is 16.1 Å². The predicted molar refractivity (Wildman–Crippen MR) is 77.1 cm³/mol. The molecule has 2 aromatic rings. The number of carbonyl (C=O) groups is 1. The lowest BCUT2D eigenvalue weighted by Gasteiger charge is -2.05. The Bertz CT molecular complexity index is 639. The highest BCUT2D eigenvalue weighted by Gasteiger charge is 2.25. The molecule has 0 fully saturated rings. The van der Waals surface area contributed by atoms with Gasteiger partial charge in [0.1, 0.15) is 0 Å². The van der Waals surface area contributed by atoms with E-state index in [9.17, 15) is 4.79 Å². The molecule has 1 N–H and O–H groups in total. The van der Waals surface area contributed by atoms with Crippen molar-refractivity contribution < 1.29 is 19.3 Å². The number of ether oxygens (including phenoxy) is 1. The Morgan fingerprint density at radius 3 is 2.57 bits per heavy atom. The molecule has 5 heteroatoms. The Hall–Kier alpha value is -2.69. The zero-order valence-corrected chi connectivity index (χ0v) is 11.8. The van der Waals surface area contributed by atoms with Crippen LogP contribution in [0.3, 0.4) is 0 Å². The van der Waals surface area contributed by atoms with Crippen LogP contribution in [0.5, 0.6) is 0 Å². The molecule has 0 saturated heterocycles. The molecule has 1 aromatic carbocycles. The third-order valence-corrected chi connectivity index (χ3v) is 2.95. The summed E-state index contributed by atoms with van der Waals surface area (Å²) in [5.41, 5.74) is 1.48. The molecule has 0 aliphatic carbocycles. The van der Waals surface area contributed by atoms with Crippen LogP contribution in [0.1, 0.15) is 18.2 Å². The minimum atomic E-state index is -0.645. The molecular formula is C16H17N2O3+. The van der Waals surface area contributed by atoms with E-state index in [1.807, 2.05) is 47.2 Å². The van der Waals surface area contributed by atoms with Crippen LogP contribution >= 0.6 is 0 Å². The van der Waals surface area contributed by atoms with Gasteiger partial charge in [-0.05, 0) is 13.0 Å². The number of oxime groups is 1. The number of aromatic nitrogens is 1. The van der Waals surface area contributed by atoms with Gasteiger partial charge in [0.2, 0.25) is 5.69 Å². The van der Waals surface area contributed by atoms with Gasteiger partial charge in [0.05, 0.1) is 6.61 Å². The van der Waals surface area contributed by atoms with Gasteiger partial charge in [-0.3, -0.25) is 0 Å². The molecule has 108 valence electrons. The minimum Gasteiger partial charge on any atom is -0.461 e. The summed E-state index contributed by atoms with van der Waals surface area (Å²) in [5.74, 6) is -0.645. The number of hydrogen-bond acceptors (Lipinski definition) is 4. The lowest BCUT2D eigenvalue weighted by Crippen LogP contribution is -2.42. The van der Waals surface area contributed by atoms with E-state index in [0.717, 1.165) is 5.56 Å². The maximum Gasteiger partial charge on any atom is 0.367 e. The summed E-state index contributed by atoms with van der Waals surface area (Å²) in [7, 11) is 0. The molecule has 0 aliphatic heterocycles. The average Bonchev–Trinajstić information content (AvgIpc) is 2.51. The third-order valence-electron chi connectivity index (χ3n) is 2.95. The Labute approximate surface area is 123 Å². The van der Waals surface area contributed by atoms with Crippen LogP contribution in [0.2, 0.25) is 0 Å². The van der Waals surface area contributed by atoms with Crippen molar-refractivity contribution in [2.75, 3.05) is 6.61 Å². The summed E-state index contributed by atoms with van der Waals surface area (Å²) < 4.78 is 6.75. The first-order valence-corrected chi connectivity index (χ1v) is 6.68. The Balaban J connectivity index is 2.34. The van der Waals surface area contributed by atoms with Gasteiger partial charge in [-0.1, -0.05) is 35.5 Å². The summed E-state index contributed by atoms with van der Waals surface area (Å²) in [6.07, 6.45) is 1.83. The summed E-state index contributed by atoms with van der Waals surface area (Å²) in [6.45, 7) is 2.49. The van der Waals surface area contributed by atoms with E-state index in [1.165, 1.54) is 0 Å². The highest BCUT2D eigenvalue weighted by Crippen LogP contribution is 2.02. The maximum atomic E-state index is 11.9. The van der Waals surface area contributed by atoms with E-state index >= 15 is 0 Å².